The van der Waals surface area contributed by atoms with Gasteiger partial charge in [0.05, 0.1) is 0 Å². The second kappa shape index (κ2) is 26.7. The van der Waals surface area contributed by atoms with E-state index >= 15 is 0 Å². The lowest BCUT2D eigenvalue weighted by atomic mass is 10.0. The molecule has 0 amide bonds. The van der Waals surface area contributed by atoms with E-state index in [1.807, 2.05) is 0 Å². The molecule has 1 unspecified atom stereocenters. The largest absolute Gasteiger partial charge is 0.437 e. The number of rotatable bonds is 33. The molecule has 0 aromatic carbocycles. The van der Waals surface area contributed by atoms with Crippen molar-refractivity contribution >= 4 is 33.8 Å². The van der Waals surface area contributed by atoms with Gasteiger partial charge in [-0.25, -0.2) is 0 Å². The zero-order valence-electron chi connectivity index (χ0n) is 32.3. The van der Waals surface area contributed by atoms with Crippen molar-refractivity contribution in [3.05, 3.63) is 0 Å². The van der Waals surface area contributed by atoms with Crippen LogP contribution in [0.2, 0.25) is 65.0 Å². The van der Waals surface area contributed by atoms with E-state index in [2.05, 4.69) is 65.8 Å². The van der Waals surface area contributed by atoms with Crippen LogP contribution in [0.1, 0.15) is 174 Å². The maximum atomic E-state index is 6.84. The summed E-state index contributed by atoms with van der Waals surface area (Å²) in [6, 6.07) is 1.11. The molecule has 0 saturated heterocycles. The molecule has 1 atom stereocenters. The topological polar surface area (TPSA) is 27.7 Å². The Bertz CT molecular complexity index is 633. The molecule has 0 heterocycles. The highest BCUT2D eigenvalue weighted by atomic mass is 28.5. The van der Waals surface area contributed by atoms with Crippen LogP contribution < -0.4 is 0 Å². The van der Waals surface area contributed by atoms with Crippen molar-refractivity contribution in [3.8, 4) is 0 Å². The van der Waals surface area contributed by atoms with Crippen LogP contribution in [-0.2, 0) is 12.3 Å². The average Bonchev–Trinajstić information content (AvgIpc) is 2.87. The van der Waals surface area contributed by atoms with Crippen LogP contribution in [-0.4, -0.2) is 33.8 Å². The molecule has 0 radical (unpaired) electrons. The molecule has 0 aromatic rings. The Morgan fingerprint density at radius 1 is 0.295 bits per heavy atom. The summed E-state index contributed by atoms with van der Waals surface area (Å²) in [5, 5.41) is 0. The van der Waals surface area contributed by atoms with Gasteiger partial charge in [0.1, 0.15) is 0 Å². The first-order valence-corrected chi connectivity index (χ1v) is 31.9. The van der Waals surface area contributed by atoms with Crippen LogP contribution in [0, 0.1) is 0 Å². The molecule has 0 N–H and O–H groups in total. The first-order valence-electron chi connectivity index (χ1n) is 19.8. The molecule has 7 heteroatoms. The SMILES string of the molecule is CCCCCCCCCCCCCCCCCCCCCCCCCCCC[Si](C)(O[Si](C)(C)C)O[Si](C)(C)O[Si](C)(C)C. The van der Waals surface area contributed by atoms with Gasteiger partial charge in [0.2, 0.25) is 0 Å². The van der Waals surface area contributed by atoms with E-state index in [1.165, 1.54) is 167 Å². The van der Waals surface area contributed by atoms with Crippen LogP contribution in [0.15, 0.2) is 0 Å². The van der Waals surface area contributed by atoms with Gasteiger partial charge in [-0.2, -0.15) is 0 Å². The van der Waals surface area contributed by atoms with Crippen molar-refractivity contribution < 1.29 is 12.3 Å². The Kier molecular flexibility index (Phi) is 27.1. The Hall–Kier alpha value is 0.748. The van der Waals surface area contributed by atoms with E-state index in [4.69, 9.17) is 12.3 Å². The van der Waals surface area contributed by atoms with Crippen molar-refractivity contribution in [1.82, 2.24) is 0 Å². The summed E-state index contributed by atoms with van der Waals surface area (Å²) < 4.78 is 20.1. The highest BCUT2D eigenvalue weighted by molar-refractivity contribution is 6.89. The van der Waals surface area contributed by atoms with Crippen molar-refractivity contribution in [2.45, 2.75) is 239 Å². The fraction of sp³-hybridized carbons (Fsp3) is 1.00. The molecule has 3 nitrogen and oxygen atoms in total. The quantitative estimate of drug-likeness (QED) is 0.0507. The fourth-order valence-corrected chi connectivity index (χ4v) is 24.8. The van der Waals surface area contributed by atoms with E-state index in [-0.39, 0.29) is 0 Å². The third-order valence-electron chi connectivity index (χ3n) is 8.52. The van der Waals surface area contributed by atoms with Gasteiger partial charge in [-0.15, -0.1) is 0 Å². The van der Waals surface area contributed by atoms with E-state index in [1.54, 1.807) is 0 Å². The smallest absolute Gasteiger partial charge is 0.315 e. The minimum atomic E-state index is -2.22. The summed E-state index contributed by atoms with van der Waals surface area (Å²) in [6.45, 7) is 22.8. The zero-order chi connectivity index (χ0) is 33.2. The lowest BCUT2D eigenvalue weighted by Gasteiger charge is -2.41. The molecule has 0 spiro atoms. The monoisotopic (exact) mass is 689 g/mol. The van der Waals surface area contributed by atoms with Gasteiger partial charge in [-0.05, 0) is 65.0 Å². The maximum absolute atomic E-state index is 6.84. The molecular formula is C37H84O3Si4. The van der Waals surface area contributed by atoms with E-state index in [0.717, 1.165) is 6.04 Å². The van der Waals surface area contributed by atoms with Crippen LogP contribution in [0.25, 0.3) is 0 Å². The normalized spacial score (nSPS) is 14.3. The standard InChI is InChI=1S/C37H84O3Si4/c1-11-12-13-14-15-16-17-18-19-20-21-22-23-24-25-26-27-28-29-30-31-32-33-34-35-36-37-44(10,39-42(5,6)7)40-43(8,9)38-41(2,3)4/h11-37H2,1-10H3. The number of hydrogen-bond acceptors (Lipinski definition) is 3. The lowest BCUT2D eigenvalue weighted by Crippen LogP contribution is -2.56. The number of unbranched alkanes of at least 4 members (excludes halogenated alkanes) is 25. The molecule has 0 bridgehead atoms. The summed E-state index contributed by atoms with van der Waals surface area (Å²) in [7, 11) is -7.68. The molecule has 0 rings (SSSR count). The maximum Gasteiger partial charge on any atom is 0.315 e. The van der Waals surface area contributed by atoms with Gasteiger partial charge in [0.15, 0.2) is 16.6 Å². The third-order valence-corrected chi connectivity index (χ3v) is 22.1. The highest BCUT2D eigenvalue weighted by Gasteiger charge is 2.44. The highest BCUT2D eigenvalue weighted by Crippen LogP contribution is 2.28. The van der Waals surface area contributed by atoms with Crippen LogP contribution >= 0.6 is 0 Å². The molecule has 0 fully saturated rings. The molecule has 0 aliphatic heterocycles. The first kappa shape index (κ1) is 44.7. The Morgan fingerprint density at radius 3 is 0.795 bits per heavy atom. The van der Waals surface area contributed by atoms with Gasteiger partial charge in [-0.3, -0.25) is 0 Å². The van der Waals surface area contributed by atoms with Crippen LogP contribution in [0.3, 0.4) is 0 Å². The summed E-state index contributed by atoms with van der Waals surface area (Å²) >= 11 is 0. The van der Waals surface area contributed by atoms with Crippen molar-refractivity contribution in [3.63, 3.8) is 0 Å². The van der Waals surface area contributed by atoms with Gasteiger partial charge in [0, 0.05) is 0 Å². The predicted molar refractivity (Wildman–Crippen MR) is 210 cm³/mol. The molecule has 0 saturated carbocycles. The van der Waals surface area contributed by atoms with Crippen molar-refractivity contribution in [2.75, 3.05) is 0 Å². The summed E-state index contributed by atoms with van der Waals surface area (Å²) in [6.07, 6.45) is 37.4. The minimum Gasteiger partial charge on any atom is -0.437 e. The lowest BCUT2D eigenvalue weighted by molar-refractivity contribution is 0.322. The second-order valence-electron chi connectivity index (χ2n) is 16.7. The van der Waals surface area contributed by atoms with Crippen LogP contribution in [0.5, 0.6) is 0 Å². The van der Waals surface area contributed by atoms with E-state index in [9.17, 15) is 0 Å². The summed E-state index contributed by atoms with van der Waals surface area (Å²) in [4.78, 5) is 0. The third kappa shape index (κ3) is 32.7. The summed E-state index contributed by atoms with van der Waals surface area (Å²) in [5.74, 6) is 0. The molecule has 0 aromatic heterocycles. The second-order valence-corrected chi connectivity index (χ2v) is 33.1. The number of hydrogen-bond donors (Lipinski definition) is 0. The molecule has 0 aliphatic carbocycles. The zero-order valence-corrected chi connectivity index (χ0v) is 36.3. The summed E-state index contributed by atoms with van der Waals surface area (Å²) in [5.41, 5.74) is 0. The van der Waals surface area contributed by atoms with Gasteiger partial charge >= 0.3 is 17.1 Å². The van der Waals surface area contributed by atoms with Crippen LogP contribution in [0.4, 0.5) is 0 Å². The Morgan fingerprint density at radius 2 is 0.545 bits per heavy atom. The van der Waals surface area contributed by atoms with Gasteiger partial charge in [0.25, 0.3) is 0 Å². The first-order chi connectivity index (χ1) is 20.7. The van der Waals surface area contributed by atoms with Crippen molar-refractivity contribution in [1.29, 1.82) is 0 Å². The van der Waals surface area contributed by atoms with E-state index in [0.29, 0.717) is 0 Å². The molecular weight excluding hydrogens is 605 g/mol. The van der Waals surface area contributed by atoms with Gasteiger partial charge in [-0.1, -0.05) is 174 Å². The minimum absolute atomic E-state index is 1.11. The fourth-order valence-electron chi connectivity index (χ4n) is 6.81. The Balaban J connectivity index is 3.63. The average molecular weight is 689 g/mol. The molecule has 266 valence electrons. The molecule has 0 aliphatic rings. The molecule has 44 heavy (non-hydrogen) atoms. The Labute approximate surface area is 283 Å². The van der Waals surface area contributed by atoms with Crippen molar-refractivity contribution in [2.24, 2.45) is 0 Å². The van der Waals surface area contributed by atoms with E-state index < -0.39 is 33.8 Å². The van der Waals surface area contributed by atoms with Gasteiger partial charge < -0.3 is 12.3 Å². The predicted octanol–water partition coefficient (Wildman–Crippen LogP) is 14.6.